The maximum atomic E-state index is 10.7. The van der Waals surface area contributed by atoms with Crippen molar-refractivity contribution in [2.45, 2.75) is 37.0 Å². The number of rotatable bonds is 2. The van der Waals surface area contributed by atoms with Gasteiger partial charge in [0, 0.05) is 21.7 Å². The normalized spacial score (nSPS) is 29.3. The predicted molar refractivity (Wildman–Crippen MR) is 76.3 cm³/mol. The molecule has 0 radical (unpaired) electrons. The lowest BCUT2D eigenvalue weighted by Crippen LogP contribution is -2.43. The molecular formula is C13H16Cl2OS. The standard InChI is InChI=1S/C13H16Cl2OS/c1-9-13(16,6-3-7-17-9)8-10-11(14)4-2-5-12(10)15/h2,4-5,9,16H,3,6-8H2,1H3. The summed E-state index contributed by atoms with van der Waals surface area (Å²) in [7, 11) is 0. The summed E-state index contributed by atoms with van der Waals surface area (Å²) in [6, 6.07) is 5.48. The molecule has 1 saturated heterocycles. The van der Waals surface area contributed by atoms with Gasteiger partial charge < -0.3 is 5.11 Å². The van der Waals surface area contributed by atoms with Crippen molar-refractivity contribution in [3.63, 3.8) is 0 Å². The summed E-state index contributed by atoms with van der Waals surface area (Å²) in [5, 5.41) is 12.2. The Morgan fingerprint density at radius 3 is 2.65 bits per heavy atom. The maximum Gasteiger partial charge on any atom is 0.0804 e. The Kier molecular flexibility index (Phi) is 4.30. The van der Waals surface area contributed by atoms with Crippen molar-refractivity contribution in [2.75, 3.05) is 5.75 Å². The average molecular weight is 291 g/mol. The second kappa shape index (κ2) is 5.40. The van der Waals surface area contributed by atoms with Crippen LogP contribution in [0.1, 0.15) is 25.3 Å². The van der Waals surface area contributed by atoms with Crippen molar-refractivity contribution >= 4 is 35.0 Å². The molecule has 4 heteroatoms. The molecule has 1 aromatic carbocycles. The molecule has 0 spiro atoms. The van der Waals surface area contributed by atoms with E-state index in [2.05, 4.69) is 6.92 Å². The molecule has 1 aliphatic rings. The summed E-state index contributed by atoms with van der Waals surface area (Å²) >= 11 is 14.1. The minimum atomic E-state index is -0.683. The lowest BCUT2D eigenvalue weighted by Gasteiger charge is -2.38. The van der Waals surface area contributed by atoms with E-state index in [1.807, 2.05) is 30.0 Å². The fourth-order valence-electron chi connectivity index (χ4n) is 2.24. The fourth-order valence-corrected chi connectivity index (χ4v) is 3.94. The first-order valence-electron chi connectivity index (χ1n) is 5.80. The van der Waals surface area contributed by atoms with E-state index in [0.717, 1.165) is 24.2 Å². The van der Waals surface area contributed by atoms with E-state index in [1.54, 1.807) is 0 Å². The van der Waals surface area contributed by atoms with Gasteiger partial charge in [0.25, 0.3) is 0 Å². The summed E-state index contributed by atoms with van der Waals surface area (Å²) in [6.07, 6.45) is 2.41. The van der Waals surface area contributed by atoms with Gasteiger partial charge in [-0.15, -0.1) is 0 Å². The smallest absolute Gasteiger partial charge is 0.0804 e. The molecule has 0 amide bonds. The first-order chi connectivity index (χ1) is 8.03. The van der Waals surface area contributed by atoms with Gasteiger partial charge in [-0.05, 0) is 36.3 Å². The van der Waals surface area contributed by atoms with Crippen molar-refractivity contribution < 1.29 is 5.11 Å². The van der Waals surface area contributed by atoms with Crippen LogP contribution in [0.4, 0.5) is 0 Å². The zero-order valence-corrected chi connectivity index (χ0v) is 12.1. The highest BCUT2D eigenvalue weighted by Gasteiger charge is 2.37. The fraction of sp³-hybridized carbons (Fsp3) is 0.538. The highest BCUT2D eigenvalue weighted by molar-refractivity contribution is 8.00. The minimum Gasteiger partial charge on any atom is -0.388 e. The molecule has 0 saturated carbocycles. The molecule has 1 aliphatic heterocycles. The minimum absolute atomic E-state index is 0.226. The van der Waals surface area contributed by atoms with E-state index >= 15 is 0 Å². The highest BCUT2D eigenvalue weighted by atomic mass is 35.5. The monoisotopic (exact) mass is 290 g/mol. The maximum absolute atomic E-state index is 10.7. The number of halogens is 2. The average Bonchev–Trinajstić information content (AvgIpc) is 2.28. The quantitative estimate of drug-likeness (QED) is 0.882. The van der Waals surface area contributed by atoms with Gasteiger partial charge in [0.15, 0.2) is 0 Å². The molecule has 2 unspecified atom stereocenters. The SMILES string of the molecule is CC1SCCCC1(O)Cc1c(Cl)cccc1Cl. The summed E-state index contributed by atoms with van der Waals surface area (Å²) in [4.78, 5) is 0. The van der Waals surface area contributed by atoms with Gasteiger partial charge in [-0.1, -0.05) is 36.2 Å². The number of thioether (sulfide) groups is 1. The van der Waals surface area contributed by atoms with Gasteiger partial charge in [-0.2, -0.15) is 11.8 Å². The van der Waals surface area contributed by atoms with Gasteiger partial charge in [0.1, 0.15) is 0 Å². The second-order valence-electron chi connectivity index (χ2n) is 4.60. The molecule has 2 atom stereocenters. The van der Waals surface area contributed by atoms with E-state index in [-0.39, 0.29) is 5.25 Å². The predicted octanol–water partition coefficient (Wildman–Crippen LogP) is 4.18. The zero-order chi connectivity index (χ0) is 12.5. The van der Waals surface area contributed by atoms with E-state index in [9.17, 15) is 5.11 Å². The van der Waals surface area contributed by atoms with Crippen molar-refractivity contribution in [1.82, 2.24) is 0 Å². The van der Waals surface area contributed by atoms with Gasteiger partial charge in [-0.25, -0.2) is 0 Å². The van der Waals surface area contributed by atoms with E-state index in [0.29, 0.717) is 16.5 Å². The highest BCUT2D eigenvalue weighted by Crippen LogP contribution is 2.39. The summed E-state index contributed by atoms with van der Waals surface area (Å²) in [5.74, 6) is 1.12. The molecule has 0 aliphatic carbocycles. The molecule has 1 aromatic rings. The molecule has 17 heavy (non-hydrogen) atoms. The Morgan fingerprint density at radius 1 is 1.41 bits per heavy atom. The van der Waals surface area contributed by atoms with Crippen LogP contribution in [-0.4, -0.2) is 21.7 Å². The van der Waals surface area contributed by atoms with Gasteiger partial charge in [0.2, 0.25) is 0 Å². The third kappa shape index (κ3) is 2.93. The Hall–Kier alpha value is 0.110. The van der Waals surface area contributed by atoms with Gasteiger partial charge in [0.05, 0.1) is 5.60 Å². The van der Waals surface area contributed by atoms with Gasteiger partial charge in [-0.3, -0.25) is 0 Å². The Bertz CT molecular complexity index is 390. The molecular weight excluding hydrogens is 275 g/mol. The number of hydrogen-bond donors (Lipinski definition) is 1. The van der Waals surface area contributed by atoms with Crippen LogP contribution in [0, 0.1) is 0 Å². The lowest BCUT2D eigenvalue weighted by atomic mass is 9.87. The van der Waals surface area contributed by atoms with Crippen LogP contribution in [0.25, 0.3) is 0 Å². The summed E-state index contributed by atoms with van der Waals surface area (Å²) in [5.41, 5.74) is 0.185. The molecule has 94 valence electrons. The van der Waals surface area contributed by atoms with Crippen molar-refractivity contribution in [3.8, 4) is 0 Å². The van der Waals surface area contributed by atoms with Crippen LogP contribution in [0.5, 0.6) is 0 Å². The molecule has 0 aromatic heterocycles. The topological polar surface area (TPSA) is 20.2 Å². The molecule has 2 rings (SSSR count). The zero-order valence-electron chi connectivity index (χ0n) is 9.75. The number of aliphatic hydroxyl groups is 1. The van der Waals surface area contributed by atoms with Crippen LogP contribution in [0.3, 0.4) is 0 Å². The molecule has 1 heterocycles. The molecule has 1 fully saturated rings. The first kappa shape index (κ1) is 13.5. The van der Waals surface area contributed by atoms with Crippen LogP contribution < -0.4 is 0 Å². The molecule has 1 N–H and O–H groups in total. The summed E-state index contributed by atoms with van der Waals surface area (Å²) < 4.78 is 0. The van der Waals surface area contributed by atoms with Crippen LogP contribution >= 0.6 is 35.0 Å². The third-order valence-corrected chi connectivity index (χ3v) is 5.59. The third-order valence-electron chi connectivity index (χ3n) is 3.42. The first-order valence-corrected chi connectivity index (χ1v) is 7.60. The lowest BCUT2D eigenvalue weighted by molar-refractivity contribution is 0.0298. The number of hydrogen-bond acceptors (Lipinski definition) is 2. The Labute approximate surface area is 117 Å². The Balaban J connectivity index is 2.25. The van der Waals surface area contributed by atoms with Crippen LogP contribution in [0.15, 0.2) is 18.2 Å². The van der Waals surface area contributed by atoms with E-state index in [4.69, 9.17) is 23.2 Å². The van der Waals surface area contributed by atoms with Crippen molar-refractivity contribution in [2.24, 2.45) is 0 Å². The van der Waals surface area contributed by atoms with Crippen molar-refractivity contribution in [1.29, 1.82) is 0 Å². The summed E-state index contributed by atoms with van der Waals surface area (Å²) in [6.45, 7) is 2.08. The Morgan fingerprint density at radius 2 is 2.06 bits per heavy atom. The van der Waals surface area contributed by atoms with E-state index in [1.165, 1.54) is 0 Å². The number of benzene rings is 1. The largest absolute Gasteiger partial charge is 0.388 e. The van der Waals surface area contributed by atoms with Gasteiger partial charge >= 0.3 is 0 Å². The van der Waals surface area contributed by atoms with Crippen molar-refractivity contribution in [3.05, 3.63) is 33.8 Å². The molecule has 0 bridgehead atoms. The van der Waals surface area contributed by atoms with Crippen LogP contribution in [0.2, 0.25) is 10.0 Å². The molecule has 1 nitrogen and oxygen atoms in total. The second-order valence-corrected chi connectivity index (χ2v) is 6.86. The van der Waals surface area contributed by atoms with E-state index < -0.39 is 5.60 Å². The van der Waals surface area contributed by atoms with Crippen LogP contribution in [-0.2, 0) is 6.42 Å².